The van der Waals surface area contributed by atoms with E-state index in [2.05, 4.69) is 9.88 Å². The molecule has 20 heavy (non-hydrogen) atoms. The summed E-state index contributed by atoms with van der Waals surface area (Å²) in [6, 6.07) is 7.46. The number of nitrogens with two attached hydrogens (primary N) is 1. The SMILES string of the molecule is NCCC1CCN(c2nccc3ccc(O)cc23)CC1. The summed E-state index contributed by atoms with van der Waals surface area (Å²) in [5.41, 5.74) is 5.64. The Labute approximate surface area is 119 Å². The second-order valence-corrected chi connectivity index (χ2v) is 5.55. The summed E-state index contributed by atoms with van der Waals surface area (Å²) >= 11 is 0. The van der Waals surface area contributed by atoms with Crippen molar-refractivity contribution in [1.29, 1.82) is 0 Å². The molecule has 1 aliphatic rings. The minimum Gasteiger partial charge on any atom is -0.508 e. The van der Waals surface area contributed by atoms with E-state index in [1.54, 1.807) is 6.07 Å². The molecule has 3 rings (SSSR count). The lowest BCUT2D eigenvalue weighted by molar-refractivity contribution is 0.385. The molecule has 0 atom stereocenters. The second kappa shape index (κ2) is 5.67. The van der Waals surface area contributed by atoms with Crippen LogP contribution in [0.5, 0.6) is 5.75 Å². The topological polar surface area (TPSA) is 62.4 Å². The van der Waals surface area contributed by atoms with Crippen molar-refractivity contribution in [3.63, 3.8) is 0 Å². The highest BCUT2D eigenvalue weighted by Crippen LogP contribution is 2.30. The number of hydrogen-bond acceptors (Lipinski definition) is 4. The number of piperidine rings is 1. The lowest BCUT2D eigenvalue weighted by Crippen LogP contribution is -2.34. The minimum absolute atomic E-state index is 0.296. The third-order valence-electron chi connectivity index (χ3n) is 4.22. The van der Waals surface area contributed by atoms with Crippen molar-refractivity contribution in [3.05, 3.63) is 30.5 Å². The fraction of sp³-hybridized carbons (Fsp3) is 0.438. The van der Waals surface area contributed by atoms with Crippen molar-refractivity contribution in [2.75, 3.05) is 24.5 Å². The Kier molecular flexibility index (Phi) is 3.74. The zero-order chi connectivity index (χ0) is 13.9. The molecule has 1 aromatic heterocycles. The average Bonchev–Trinajstić information content (AvgIpc) is 2.48. The summed E-state index contributed by atoms with van der Waals surface area (Å²) < 4.78 is 0. The van der Waals surface area contributed by atoms with Gasteiger partial charge in [0.15, 0.2) is 0 Å². The van der Waals surface area contributed by atoms with E-state index in [0.717, 1.165) is 48.6 Å². The highest BCUT2D eigenvalue weighted by Gasteiger charge is 2.20. The molecule has 4 heteroatoms. The van der Waals surface area contributed by atoms with E-state index in [9.17, 15) is 5.11 Å². The molecule has 0 spiro atoms. The van der Waals surface area contributed by atoms with Gasteiger partial charge in [0.25, 0.3) is 0 Å². The number of fused-ring (bicyclic) bond motifs is 1. The van der Waals surface area contributed by atoms with Crippen molar-refractivity contribution >= 4 is 16.6 Å². The lowest BCUT2D eigenvalue weighted by Gasteiger charge is -2.33. The predicted molar refractivity (Wildman–Crippen MR) is 82.0 cm³/mol. The Hall–Kier alpha value is -1.81. The zero-order valence-corrected chi connectivity index (χ0v) is 11.6. The number of aromatic hydroxyl groups is 1. The number of rotatable bonds is 3. The van der Waals surface area contributed by atoms with Gasteiger partial charge in [-0.05, 0) is 55.3 Å². The van der Waals surface area contributed by atoms with Crippen LogP contribution in [0.3, 0.4) is 0 Å². The Bertz CT molecular complexity index is 591. The molecule has 3 N–H and O–H groups in total. The minimum atomic E-state index is 0.296. The van der Waals surface area contributed by atoms with E-state index in [1.165, 1.54) is 12.8 Å². The van der Waals surface area contributed by atoms with E-state index in [1.807, 2.05) is 24.4 Å². The highest BCUT2D eigenvalue weighted by atomic mass is 16.3. The van der Waals surface area contributed by atoms with Crippen LogP contribution in [0.25, 0.3) is 10.8 Å². The largest absolute Gasteiger partial charge is 0.508 e. The van der Waals surface area contributed by atoms with Crippen LogP contribution in [-0.4, -0.2) is 29.7 Å². The molecule has 0 radical (unpaired) electrons. The van der Waals surface area contributed by atoms with Gasteiger partial charge in [-0.2, -0.15) is 0 Å². The monoisotopic (exact) mass is 271 g/mol. The summed E-state index contributed by atoms with van der Waals surface area (Å²) in [5.74, 6) is 2.04. The standard InChI is InChI=1S/C16H21N3O/c17-7-3-12-5-9-19(10-6-12)16-15-11-14(20)2-1-13(15)4-8-18-16/h1-2,4,8,11-12,20H,3,5-7,9-10,17H2. The van der Waals surface area contributed by atoms with E-state index < -0.39 is 0 Å². The van der Waals surface area contributed by atoms with Crippen molar-refractivity contribution in [1.82, 2.24) is 4.98 Å². The summed E-state index contributed by atoms with van der Waals surface area (Å²) in [7, 11) is 0. The normalized spacial score (nSPS) is 16.8. The van der Waals surface area contributed by atoms with Crippen molar-refractivity contribution in [2.45, 2.75) is 19.3 Å². The molecule has 1 aliphatic heterocycles. The first-order valence-corrected chi connectivity index (χ1v) is 7.30. The highest BCUT2D eigenvalue weighted by molar-refractivity contribution is 5.93. The molecule has 2 heterocycles. The quantitative estimate of drug-likeness (QED) is 0.900. The van der Waals surface area contributed by atoms with Gasteiger partial charge in [0.05, 0.1) is 0 Å². The molecule has 0 aliphatic carbocycles. The first-order valence-electron chi connectivity index (χ1n) is 7.30. The van der Waals surface area contributed by atoms with E-state index in [0.29, 0.717) is 5.75 Å². The van der Waals surface area contributed by atoms with Crippen LogP contribution in [0.4, 0.5) is 5.82 Å². The number of nitrogens with zero attached hydrogens (tertiary/aromatic N) is 2. The summed E-state index contributed by atoms with van der Waals surface area (Å²) in [4.78, 5) is 6.86. The molecule has 0 saturated carbocycles. The maximum atomic E-state index is 9.70. The number of anilines is 1. The van der Waals surface area contributed by atoms with Crippen LogP contribution in [0.1, 0.15) is 19.3 Å². The third kappa shape index (κ3) is 2.56. The smallest absolute Gasteiger partial charge is 0.136 e. The summed E-state index contributed by atoms with van der Waals surface area (Å²) in [5, 5.41) is 11.9. The van der Waals surface area contributed by atoms with E-state index in [4.69, 9.17) is 5.73 Å². The molecule has 106 valence electrons. The Morgan fingerprint density at radius 2 is 2.05 bits per heavy atom. The maximum Gasteiger partial charge on any atom is 0.136 e. The van der Waals surface area contributed by atoms with Gasteiger partial charge in [-0.1, -0.05) is 6.07 Å². The van der Waals surface area contributed by atoms with Gasteiger partial charge in [0.2, 0.25) is 0 Å². The van der Waals surface area contributed by atoms with Crippen molar-refractivity contribution in [3.8, 4) is 5.75 Å². The average molecular weight is 271 g/mol. The molecule has 1 aromatic carbocycles. The first kappa shape index (κ1) is 13.2. The second-order valence-electron chi connectivity index (χ2n) is 5.55. The van der Waals surface area contributed by atoms with Gasteiger partial charge < -0.3 is 15.7 Å². The molecule has 0 unspecified atom stereocenters. The van der Waals surface area contributed by atoms with E-state index in [-0.39, 0.29) is 0 Å². The van der Waals surface area contributed by atoms with Crippen LogP contribution in [0.15, 0.2) is 30.5 Å². The number of benzene rings is 1. The third-order valence-corrected chi connectivity index (χ3v) is 4.22. The Balaban J connectivity index is 1.86. The van der Waals surface area contributed by atoms with Crippen LogP contribution < -0.4 is 10.6 Å². The van der Waals surface area contributed by atoms with Crippen LogP contribution in [0, 0.1) is 5.92 Å². The first-order chi connectivity index (χ1) is 9.78. The van der Waals surface area contributed by atoms with Gasteiger partial charge in [0.1, 0.15) is 11.6 Å². The van der Waals surface area contributed by atoms with Crippen molar-refractivity contribution < 1.29 is 5.11 Å². The summed E-state index contributed by atoms with van der Waals surface area (Å²) in [6.45, 7) is 2.82. The fourth-order valence-corrected chi connectivity index (χ4v) is 3.06. The number of hydrogen-bond donors (Lipinski definition) is 2. The zero-order valence-electron chi connectivity index (χ0n) is 11.6. The molecule has 4 nitrogen and oxygen atoms in total. The van der Waals surface area contributed by atoms with Gasteiger partial charge in [-0.15, -0.1) is 0 Å². The molecule has 2 aromatic rings. The lowest BCUT2D eigenvalue weighted by atomic mass is 9.93. The van der Waals surface area contributed by atoms with Crippen LogP contribution in [-0.2, 0) is 0 Å². The fourth-order valence-electron chi connectivity index (χ4n) is 3.06. The predicted octanol–water partition coefficient (Wildman–Crippen LogP) is 2.51. The number of aromatic nitrogens is 1. The number of phenolic OH excluding ortho intramolecular Hbond substituents is 1. The van der Waals surface area contributed by atoms with Crippen LogP contribution in [0.2, 0.25) is 0 Å². The van der Waals surface area contributed by atoms with Gasteiger partial charge >= 0.3 is 0 Å². The molecular formula is C16H21N3O. The van der Waals surface area contributed by atoms with Gasteiger partial charge in [-0.3, -0.25) is 0 Å². The van der Waals surface area contributed by atoms with Gasteiger partial charge in [-0.25, -0.2) is 4.98 Å². The number of phenols is 1. The Morgan fingerprint density at radius 1 is 1.25 bits per heavy atom. The molecule has 0 amide bonds. The molecular weight excluding hydrogens is 250 g/mol. The molecule has 0 bridgehead atoms. The van der Waals surface area contributed by atoms with Gasteiger partial charge in [0, 0.05) is 24.7 Å². The van der Waals surface area contributed by atoms with E-state index >= 15 is 0 Å². The Morgan fingerprint density at radius 3 is 2.80 bits per heavy atom. The molecule has 1 saturated heterocycles. The number of pyridine rings is 1. The van der Waals surface area contributed by atoms with Crippen molar-refractivity contribution in [2.24, 2.45) is 11.7 Å². The maximum absolute atomic E-state index is 9.70. The van der Waals surface area contributed by atoms with Crippen LogP contribution >= 0.6 is 0 Å². The summed E-state index contributed by atoms with van der Waals surface area (Å²) in [6.07, 6.45) is 5.32. The molecule has 1 fully saturated rings.